The smallest absolute Gasteiger partial charge is 0.259 e. The summed E-state index contributed by atoms with van der Waals surface area (Å²) in [7, 11) is 0. The van der Waals surface area contributed by atoms with Crippen molar-refractivity contribution in [3.8, 4) is 0 Å². The Morgan fingerprint density at radius 3 is 3.00 bits per heavy atom. The fourth-order valence-electron chi connectivity index (χ4n) is 2.40. The van der Waals surface area contributed by atoms with Gasteiger partial charge in [0.25, 0.3) is 5.91 Å². The zero-order valence-corrected chi connectivity index (χ0v) is 10.3. The molecule has 0 bridgehead atoms. The Balaban J connectivity index is 1.87. The highest BCUT2D eigenvalue weighted by atomic mass is 16.5. The lowest BCUT2D eigenvalue weighted by atomic mass is 10.1. The van der Waals surface area contributed by atoms with E-state index in [9.17, 15) is 9.90 Å². The molecule has 3 rings (SSSR count). The summed E-state index contributed by atoms with van der Waals surface area (Å²) < 4.78 is 5.47. The van der Waals surface area contributed by atoms with Crippen molar-refractivity contribution in [3.05, 3.63) is 0 Å². The fourth-order valence-corrected chi connectivity index (χ4v) is 2.40. The van der Waals surface area contributed by atoms with Crippen LogP contribution in [-0.2, 0) is 9.53 Å². The largest absolute Gasteiger partial charge is 0.394 e. The molecule has 10 nitrogen and oxygen atoms in total. The SMILES string of the molecule is N=C1N=C2C(N=CN2[C@@H]2O[C@H](CO)[C@@H](O)[C@H]2N)C(=O)N1. The van der Waals surface area contributed by atoms with E-state index < -0.39 is 36.4 Å². The molecule has 3 aliphatic heterocycles. The third kappa shape index (κ3) is 1.81. The minimum Gasteiger partial charge on any atom is -0.394 e. The normalized spacial score (nSPS) is 39.9. The van der Waals surface area contributed by atoms with Crippen LogP contribution >= 0.6 is 0 Å². The Labute approximate surface area is 113 Å². The van der Waals surface area contributed by atoms with E-state index in [1.807, 2.05) is 0 Å². The summed E-state index contributed by atoms with van der Waals surface area (Å²) in [4.78, 5) is 21.0. The van der Waals surface area contributed by atoms with Gasteiger partial charge >= 0.3 is 0 Å². The van der Waals surface area contributed by atoms with Crippen LogP contribution in [0.15, 0.2) is 9.98 Å². The first-order chi connectivity index (χ1) is 9.52. The van der Waals surface area contributed by atoms with Crippen molar-refractivity contribution < 1.29 is 19.7 Å². The van der Waals surface area contributed by atoms with Crippen LogP contribution in [0, 0.1) is 5.41 Å². The van der Waals surface area contributed by atoms with Crippen LogP contribution in [0.2, 0.25) is 0 Å². The number of carbonyl (C=O) groups is 1. The van der Waals surface area contributed by atoms with Crippen LogP contribution in [0.25, 0.3) is 0 Å². The number of nitrogens with one attached hydrogen (secondary N) is 2. The van der Waals surface area contributed by atoms with Crippen molar-refractivity contribution in [1.29, 1.82) is 5.41 Å². The summed E-state index contributed by atoms with van der Waals surface area (Å²) in [5, 5.41) is 28.6. The second-order valence-corrected chi connectivity index (χ2v) is 4.70. The molecule has 108 valence electrons. The monoisotopic (exact) mass is 282 g/mol. The molecule has 1 unspecified atom stereocenters. The number of carbonyl (C=O) groups excluding carboxylic acids is 1. The number of nitrogens with two attached hydrogens (primary N) is 1. The molecule has 3 heterocycles. The first-order valence-corrected chi connectivity index (χ1v) is 6.02. The van der Waals surface area contributed by atoms with Gasteiger partial charge in [0.05, 0.1) is 19.0 Å². The third-order valence-electron chi connectivity index (χ3n) is 3.44. The lowest BCUT2D eigenvalue weighted by Crippen LogP contribution is -2.54. The topological polar surface area (TPSA) is 157 Å². The lowest BCUT2D eigenvalue weighted by Gasteiger charge is -2.28. The molecule has 0 aromatic heterocycles. The van der Waals surface area contributed by atoms with E-state index in [1.54, 1.807) is 0 Å². The molecule has 10 heteroatoms. The second-order valence-electron chi connectivity index (χ2n) is 4.70. The van der Waals surface area contributed by atoms with E-state index in [4.69, 9.17) is 21.0 Å². The molecule has 0 aliphatic carbocycles. The lowest BCUT2D eigenvalue weighted by molar-refractivity contribution is -0.119. The van der Waals surface area contributed by atoms with E-state index >= 15 is 0 Å². The van der Waals surface area contributed by atoms with Gasteiger partial charge in [-0.2, -0.15) is 4.99 Å². The van der Waals surface area contributed by atoms with Gasteiger partial charge in [-0.05, 0) is 0 Å². The quantitative estimate of drug-likeness (QED) is 0.355. The highest BCUT2D eigenvalue weighted by molar-refractivity contribution is 6.23. The molecule has 0 spiro atoms. The molecule has 20 heavy (non-hydrogen) atoms. The van der Waals surface area contributed by atoms with E-state index in [-0.39, 0.29) is 18.4 Å². The van der Waals surface area contributed by atoms with Crippen molar-refractivity contribution in [3.63, 3.8) is 0 Å². The number of amidine groups is 1. The molecule has 5 atom stereocenters. The molecule has 1 saturated heterocycles. The average Bonchev–Trinajstić information content (AvgIpc) is 2.93. The molecular formula is C10H14N6O4. The molecule has 3 aliphatic rings. The van der Waals surface area contributed by atoms with Gasteiger partial charge in [0.2, 0.25) is 5.96 Å². The number of aliphatic hydroxyl groups excluding tert-OH is 2. The number of aliphatic hydroxyl groups is 2. The van der Waals surface area contributed by atoms with Crippen LogP contribution < -0.4 is 11.1 Å². The second kappa shape index (κ2) is 4.59. The average molecular weight is 282 g/mol. The first-order valence-electron chi connectivity index (χ1n) is 6.02. The van der Waals surface area contributed by atoms with Gasteiger partial charge in [-0.15, -0.1) is 0 Å². The zero-order chi connectivity index (χ0) is 14.4. The standard InChI is InChI=1S/C10H14N6O4/c11-4-6(18)3(1-17)20-9(4)16-2-13-5-7(16)14-10(12)15-8(5)19/h2-6,9,17-18H,1,11H2,(H2,12,15,19)/t3-,4-,5?,6-,9-/m1/s1. The number of ether oxygens (including phenoxy) is 1. The first kappa shape index (κ1) is 13.1. The highest BCUT2D eigenvalue weighted by Crippen LogP contribution is 2.25. The summed E-state index contributed by atoms with van der Waals surface area (Å²) in [6.07, 6.45) is -1.29. The predicted octanol–water partition coefficient (Wildman–Crippen LogP) is -3.43. The van der Waals surface area contributed by atoms with Crippen LogP contribution in [0.1, 0.15) is 0 Å². The number of hydrogen-bond acceptors (Lipinski definition) is 8. The van der Waals surface area contributed by atoms with Gasteiger partial charge in [-0.1, -0.05) is 0 Å². The maximum atomic E-state index is 11.7. The van der Waals surface area contributed by atoms with Gasteiger partial charge < -0.3 is 20.7 Å². The predicted molar refractivity (Wildman–Crippen MR) is 67.2 cm³/mol. The van der Waals surface area contributed by atoms with E-state index in [2.05, 4.69) is 15.3 Å². The molecule has 1 amide bonds. The number of nitrogens with zero attached hydrogens (tertiary/aromatic N) is 3. The molecule has 0 radical (unpaired) electrons. The number of fused-ring (bicyclic) bond motifs is 1. The molecule has 1 fully saturated rings. The van der Waals surface area contributed by atoms with Crippen molar-refractivity contribution >= 4 is 24.0 Å². The third-order valence-corrected chi connectivity index (χ3v) is 3.44. The number of guanidine groups is 1. The molecule has 6 N–H and O–H groups in total. The fraction of sp³-hybridized carbons (Fsp3) is 0.600. The van der Waals surface area contributed by atoms with Crippen LogP contribution in [0.4, 0.5) is 0 Å². The van der Waals surface area contributed by atoms with Crippen molar-refractivity contribution in [1.82, 2.24) is 10.2 Å². The Morgan fingerprint density at radius 1 is 1.60 bits per heavy atom. The van der Waals surface area contributed by atoms with E-state index in [1.165, 1.54) is 11.2 Å². The Morgan fingerprint density at radius 2 is 2.35 bits per heavy atom. The number of rotatable bonds is 2. The zero-order valence-electron chi connectivity index (χ0n) is 10.3. The van der Waals surface area contributed by atoms with Crippen molar-refractivity contribution in [2.75, 3.05) is 6.61 Å². The van der Waals surface area contributed by atoms with Crippen LogP contribution in [0.3, 0.4) is 0 Å². The minimum atomic E-state index is -1.03. The van der Waals surface area contributed by atoms with Gasteiger partial charge in [0.1, 0.15) is 12.2 Å². The van der Waals surface area contributed by atoms with Crippen LogP contribution in [0.5, 0.6) is 0 Å². The van der Waals surface area contributed by atoms with E-state index in [0.717, 1.165) is 0 Å². The molecule has 0 saturated carbocycles. The molecule has 0 aromatic carbocycles. The number of amides is 1. The summed E-state index contributed by atoms with van der Waals surface area (Å²) in [5.41, 5.74) is 5.86. The Kier molecular flexibility index (Phi) is 3.01. The summed E-state index contributed by atoms with van der Waals surface area (Å²) in [6, 6.07) is -1.63. The number of hydrogen-bond donors (Lipinski definition) is 5. The van der Waals surface area contributed by atoms with Gasteiger partial charge in [-0.3, -0.25) is 25.4 Å². The highest BCUT2D eigenvalue weighted by Gasteiger charge is 2.48. The maximum absolute atomic E-state index is 11.7. The van der Waals surface area contributed by atoms with Gasteiger partial charge in [0, 0.05) is 0 Å². The number of aliphatic imine (C=N–C) groups is 2. The molecular weight excluding hydrogens is 268 g/mol. The molecule has 0 aromatic rings. The van der Waals surface area contributed by atoms with E-state index in [0.29, 0.717) is 0 Å². The van der Waals surface area contributed by atoms with Gasteiger partial charge in [-0.25, -0.2) is 0 Å². The van der Waals surface area contributed by atoms with Crippen molar-refractivity contribution in [2.45, 2.75) is 30.5 Å². The van der Waals surface area contributed by atoms with Crippen molar-refractivity contribution in [2.24, 2.45) is 15.7 Å². The van der Waals surface area contributed by atoms with Crippen LogP contribution in [-0.4, -0.2) is 76.3 Å². The summed E-state index contributed by atoms with van der Waals surface area (Å²) >= 11 is 0. The van der Waals surface area contributed by atoms with Gasteiger partial charge in [0.15, 0.2) is 18.1 Å². The minimum absolute atomic E-state index is 0.227. The summed E-state index contributed by atoms with van der Waals surface area (Å²) in [6.45, 7) is -0.372. The maximum Gasteiger partial charge on any atom is 0.259 e. The summed E-state index contributed by atoms with van der Waals surface area (Å²) in [5.74, 6) is -0.517. The Hall–Kier alpha value is -1.88. The Bertz CT molecular complexity index is 520.